The van der Waals surface area contributed by atoms with Gasteiger partial charge in [-0.05, 0) is 56.0 Å². The molecule has 7 heteroatoms. The van der Waals surface area contributed by atoms with Crippen molar-refractivity contribution in [3.8, 4) is 22.8 Å². The molecule has 2 aromatic heterocycles. The van der Waals surface area contributed by atoms with E-state index in [9.17, 15) is 0 Å². The van der Waals surface area contributed by atoms with Crippen LogP contribution in [0.3, 0.4) is 0 Å². The lowest BCUT2D eigenvalue weighted by atomic mass is 10.1. The summed E-state index contributed by atoms with van der Waals surface area (Å²) in [6, 6.07) is 9.56. The third-order valence-corrected chi connectivity index (χ3v) is 5.41. The lowest BCUT2D eigenvalue weighted by molar-refractivity contribution is 0.404. The van der Waals surface area contributed by atoms with Crippen molar-refractivity contribution >= 4 is 22.7 Å². The third-order valence-electron chi connectivity index (χ3n) is 4.59. The van der Waals surface area contributed by atoms with E-state index in [1.807, 2.05) is 40.4 Å². The van der Waals surface area contributed by atoms with Gasteiger partial charge in [0.1, 0.15) is 11.5 Å². The Bertz CT molecular complexity index is 1070. The Labute approximate surface area is 181 Å². The van der Waals surface area contributed by atoms with Gasteiger partial charge >= 0.3 is 0 Å². The molecule has 1 aromatic carbocycles. The number of nitrogens with zero attached hydrogens (tertiary/aromatic N) is 4. The number of methoxy groups -OCH3 is 2. The fourth-order valence-electron chi connectivity index (χ4n) is 2.92. The predicted molar refractivity (Wildman–Crippen MR) is 123 cm³/mol. The van der Waals surface area contributed by atoms with Crippen molar-refractivity contribution in [1.82, 2.24) is 9.66 Å². The average molecular weight is 425 g/mol. The fraction of sp³-hybridized carbons (Fsp3) is 0.348. The average Bonchev–Trinajstić information content (AvgIpc) is 3.14. The Morgan fingerprint density at radius 2 is 2.03 bits per heavy atom. The summed E-state index contributed by atoms with van der Waals surface area (Å²) in [7, 11) is 3.32. The van der Waals surface area contributed by atoms with Crippen LogP contribution in [0.5, 0.6) is 11.5 Å². The lowest BCUT2D eigenvalue weighted by Crippen LogP contribution is -2.14. The van der Waals surface area contributed by atoms with Crippen molar-refractivity contribution in [2.45, 2.75) is 33.6 Å². The Morgan fingerprint density at radius 1 is 1.20 bits per heavy atom. The number of aromatic nitrogens is 2. The molecule has 0 spiro atoms. The van der Waals surface area contributed by atoms with Gasteiger partial charge in [-0.3, -0.25) is 4.98 Å². The van der Waals surface area contributed by atoms with Gasteiger partial charge in [0.2, 0.25) is 4.80 Å². The van der Waals surface area contributed by atoms with Gasteiger partial charge in [0.05, 0.1) is 31.8 Å². The molecule has 0 atom stereocenters. The van der Waals surface area contributed by atoms with Crippen molar-refractivity contribution < 1.29 is 9.47 Å². The van der Waals surface area contributed by atoms with E-state index in [0.717, 1.165) is 51.8 Å². The summed E-state index contributed by atoms with van der Waals surface area (Å²) in [5.41, 5.74) is 3.65. The molecule has 0 N–H and O–H groups in total. The van der Waals surface area contributed by atoms with E-state index in [1.165, 1.54) is 11.3 Å². The van der Waals surface area contributed by atoms with Crippen molar-refractivity contribution in [2.75, 3.05) is 14.2 Å². The second-order valence-electron chi connectivity index (χ2n) is 7.37. The maximum absolute atomic E-state index is 5.61. The summed E-state index contributed by atoms with van der Waals surface area (Å²) >= 11 is 1.53. The van der Waals surface area contributed by atoms with Gasteiger partial charge in [-0.25, -0.2) is 9.67 Å². The Hall–Kier alpha value is -2.93. The molecule has 0 amide bonds. The first-order chi connectivity index (χ1) is 14.5. The molecule has 3 rings (SSSR count). The van der Waals surface area contributed by atoms with Crippen LogP contribution in [-0.2, 0) is 0 Å². The SMILES string of the molecule is COc1ccc(OC)c(-c2csc(=Nc3cccnc3)n2N=C(C)CCC(C)C)c1. The molecule has 30 heavy (non-hydrogen) atoms. The van der Waals surface area contributed by atoms with Gasteiger partial charge in [0, 0.05) is 22.9 Å². The Morgan fingerprint density at radius 3 is 2.70 bits per heavy atom. The van der Waals surface area contributed by atoms with E-state index in [0.29, 0.717) is 5.92 Å². The first-order valence-electron chi connectivity index (χ1n) is 9.94. The molecular weight excluding hydrogens is 396 g/mol. The van der Waals surface area contributed by atoms with E-state index in [-0.39, 0.29) is 0 Å². The molecule has 2 heterocycles. The number of ether oxygens (including phenoxy) is 2. The summed E-state index contributed by atoms with van der Waals surface area (Å²) in [4.78, 5) is 9.71. The van der Waals surface area contributed by atoms with Crippen LogP contribution in [0.1, 0.15) is 33.6 Å². The maximum atomic E-state index is 5.61. The van der Waals surface area contributed by atoms with E-state index in [1.54, 1.807) is 26.6 Å². The molecular formula is C23H28N4O2S. The Balaban J connectivity index is 2.17. The van der Waals surface area contributed by atoms with Crippen LogP contribution in [0.2, 0.25) is 0 Å². The van der Waals surface area contributed by atoms with Crippen LogP contribution in [-0.4, -0.2) is 29.6 Å². The van der Waals surface area contributed by atoms with Crippen LogP contribution in [0.15, 0.2) is 58.2 Å². The predicted octanol–water partition coefficient (Wildman–Crippen LogP) is 5.52. The summed E-state index contributed by atoms with van der Waals surface area (Å²) < 4.78 is 12.9. The molecule has 6 nitrogen and oxygen atoms in total. The molecule has 0 saturated heterocycles. The zero-order valence-electron chi connectivity index (χ0n) is 18.1. The molecule has 0 unspecified atom stereocenters. The minimum absolute atomic E-state index is 0.625. The summed E-state index contributed by atoms with van der Waals surface area (Å²) in [5.74, 6) is 2.14. The minimum Gasteiger partial charge on any atom is -0.497 e. The summed E-state index contributed by atoms with van der Waals surface area (Å²) in [6.45, 7) is 6.51. The second-order valence-corrected chi connectivity index (χ2v) is 8.21. The number of thiazole rings is 1. The van der Waals surface area contributed by atoms with Crippen LogP contribution in [0.4, 0.5) is 5.69 Å². The first-order valence-corrected chi connectivity index (χ1v) is 10.8. The van der Waals surface area contributed by atoms with Gasteiger partial charge in [-0.2, -0.15) is 5.10 Å². The molecule has 0 saturated carbocycles. The number of rotatable bonds is 8. The van der Waals surface area contributed by atoms with Crippen LogP contribution < -0.4 is 14.3 Å². The summed E-state index contributed by atoms with van der Waals surface area (Å²) in [6.07, 6.45) is 5.50. The van der Waals surface area contributed by atoms with Crippen molar-refractivity contribution in [3.05, 3.63) is 52.9 Å². The van der Waals surface area contributed by atoms with Crippen LogP contribution in [0, 0.1) is 5.92 Å². The number of benzene rings is 1. The van der Waals surface area contributed by atoms with Crippen molar-refractivity contribution in [3.63, 3.8) is 0 Å². The third kappa shape index (κ3) is 5.36. The standard InChI is InChI=1S/C23H28N4O2S/c1-16(2)8-9-17(3)26-27-21(20-13-19(28-4)10-11-22(20)29-5)15-30-23(27)25-18-7-6-12-24-14-18/h6-7,10-16H,8-9H2,1-5H3. The lowest BCUT2D eigenvalue weighted by Gasteiger charge is -2.12. The Kier molecular flexibility index (Phi) is 7.41. The van der Waals surface area contributed by atoms with Crippen molar-refractivity contribution in [2.24, 2.45) is 16.0 Å². The molecule has 0 bridgehead atoms. The minimum atomic E-state index is 0.625. The zero-order chi connectivity index (χ0) is 21.5. The molecule has 0 radical (unpaired) electrons. The normalized spacial score (nSPS) is 12.5. The topological polar surface area (TPSA) is 61.0 Å². The highest BCUT2D eigenvalue weighted by Crippen LogP contribution is 2.34. The summed E-state index contributed by atoms with van der Waals surface area (Å²) in [5, 5.41) is 6.97. The highest BCUT2D eigenvalue weighted by Gasteiger charge is 2.14. The van der Waals surface area contributed by atoms with Gasteiger partial charge in [0.15, 0.2) is 0 Å². The molecule has 3 aromatic rings. The van der Waals surface area contributed by atoms with E-state index >= 15 is 0 Å². The smallest absolute Gasteiger partial charge is 0.211 e. The van der Waals surface area contributed by atoms with E-state index in [2.05, 4.69) is 25.8 Å². The number of hydrogen-bond donors (Lipinski definition) is 0. The van der Waals surface area contributed by atoms with Gasteiger partial charge in [-0.15, -0.1) is 11.3 Å². The molecule has 0 fully saturated rings. The van der Waals surface area contributed by atoms with E-state index in [4.69, 9.17) is 19.6 Å². The van der Waals surface area contributed by atoms with Crippen molar-refractivity contribution in [1.29, 1.82) is 0 Å². The molecule has 158 valence electrons. The molecule has 0 aliphatic rings. The fourth-order valence-corrected chi connectivity index (χ4v) is 3.76. The highest BCUT2D eigenvalue weighted by molar-refractivity contribution is 7.07. The van der Waals surface area contributed by atoms with Gasteiger partial charge < -0.3 is 9.47 Å². The number of hydrogen-bond acceptors (Lipinski definition) is 6. The van der Waals surface area contributed by atoms with Crippen LogP contribution in [0.25, 0.3) is 11.3 Å². The monoisotopic (exact) mass is 424 g/mol. The largest absolute Gasteiger partial charge is 0.497 e. The van der Waals surface area contributed by atoms with E-state index < -0.39 is 0 Å². The quantitative estimate of drug-likeness (QED) is 0.447. The maximum Gasteiger partial charge on any atom is 0.211 e. The van der Waals surface area contributed by atoms with Gasteiger partial charge in [-0.1, -0.05) is 13.8 Å². The van der Waals surface area contributed by atoms with Crippen LogP contribution >= 0.6 is 11.3 Å². The second kappa shape index (κ2) is 10.2. The van der Waals surface area contributed by atoms with Gasteiger partial charge in [0.25, 0.3) is 0 Å². The first kappa shape index (κ1) is 21.8. The number of pyridine rings is 1. The zero-order valence-corrected chi connectivity index (χ0v) is 18.9. The molecule has 0 aliphatic heterocycles. The molecule has 0 aliphatic carbocycles. The highest BCUT2D eigenvalue weighted by atomic mass is 32.1.